The zero-order valence-electron chi connectivity index (χ0n) is 16.8. The summed E-state index contributed by atoms with van der Waals surface area (Å²) in [5.41, 5.74) is 2.76. The Hall–Kier alpha value is -2.96. The molecule has 1 aromatic heterocycles. The fourth-order valence-corrected chi connectivity index (χ4v) is 3.87. The second-order valence-corrected chi connectivity index (χ2v) is 7.54. The normalized spacial score (nSPS) is 19.5. The minimum Gasteiger partial charge on any atom is -0.373 e. The molecule has 1 saturated heterocycles. The summed E-state index contributed by atoms with van der Waals surface area (Å²) < 4.78 is 8.01. The van der Waals surface area contributed by atoms with Crippen LogP contribution in [-0.4, -0.2) is 65.2 Å². The van der Waals surface area contributed by atoms with Crippen molar-refractivity contribution in [2.24, 2.45) is 0 Å². The molecule has 150 valence electrons. The van der Waals surface area contributed by atoms with Gasteiger partial charge in [0.25, 0.3) is 5.91 Å². The van der Waals surface area contributed by atoms with Gasteiger partial charge in [-0.25, -0.2) is 4.98 Å². The molecule has 0 radical (unpaired) electrons. The number of nitrogens with zero attached hydrogens (tertiary/aromatic N) is 4. The van der Waals surface area contributed by atoms with Crippen LogP contribution in [0.3, 0.4) is 0 Å². The number of likely N-dealkylation sites (N-methyl/N-ethyl adjacent to an activating group) is 1. The van der Waals surface area contributed by atoms with E-state index in [4.69, 9.17) is 4.74 Å². The van der Waals surface area contributed by atoms with E-state index in [1.165, 1.54) is 0 Å². The Labute approximate surface area is 171 Å². The van der Waals surface area contributed by atoms with Gasteiger partial charge in [-0.3, -0.25) is 4.79 Å². The van der Waals surface area contributed by atoms with Crippen LogP contribution >= 0.6 is 0 Å². The highest BCUT2D eigenvalue weighted by Gasteiger charge is 2.36. The van der Waals surface area contributed by atoms with Crippen molar-refractivity contribution in [1.82, 2.24) is 19.4 Å². The number of morpholine rings is 1. The zero-order valence-corrected chi connectivity index (χ0v) is 16.8. The molecule has 0 bridgehead atoms. The number of hydrogen-bond acceptors (Lipinski definition) is 4. The maximum absolute atomic E-state index is 13.5. The number of hydrogen-bond donors (Lipinski definition) is 0. The van der Waals surface area contributed by atoms with Gasteiger partial charge >= 0.3 is 0 Å². The minimum atomic E-state index is -0.117. The molecular weight excluding hydrogens is 364 g/mol. The summed E-state index contributed by atoms with van der Waals surface area (Å²) in [4.78, 5) is 21.6. The SMILES string of the molecule is CN(C)C[C@@H]1OCCN(C(=O)c2ccc(-n3ccnc3)cc2)[C@H]1c1ccccc1. The van der Waals surface area contributed by atoms with Crippen molar-refractivity contribution in [3.8, 4) is 5.69 Å². The Morgan fingerprint density at radius 1 is 1.14 bits per heavy atom. The Bertz CT molecular complexity index is 923. The second-order valence-electron chi connectivity index (χ2n) is 7.54. The first-order chi connectivity index (χ1) is 14.1. The number of benzene rings is 2. The van der Waals surface area contributed by atoms with E-state index in [1.807, 2.05) is 72.2 Å². The highest BCUT2D eigenvalue weighted by molar-refractivity contribution is 5.94. The maximum Gasteiger partial charge on any atom is 0.254 e. The van der Waals surface area contributed by atoms with E-state index >= 15 is 0 Å². The zero-order chi connectivity index (χ0) is 20.2. The highest BCUT2D eigenvalue weighted by Crippen LogP contribution is 2.31. The van der Waals surface area contributed by atoms with Crippen LogP contribution in [0.4, 0.5) is 0 Å². The number of rotatable bonds is 5. The summed E-state index contributed by atoms with van der Waals surface area (Å²) in [6, 6.07) is 17.7. The molecule has 1 aliphatic rings. The Balaban J connectivity index is 1.62. The van der Waals surface area contributed by atoms with Crippen molar-refractivity contribution in [1.29, 1.82) is 0 Å². The van der Waals surface area contributed by atoms with E-state index in [0.29, 0.717) is 18.7 Å². The lowest BCUT2D eigenvalue weighted by atomic mass is 9.96. The molecule has 2 atom stereocenters. The maximum atomic E-state index is 13.5. The predicted octanol–water partition coefficient (Wildman–Crippen LogP) is 3.02. The Morgan fingerprint density at radius 3 is 2.55 bits per heavy atom. The summed E-state index contributed by atoms with van der Waals surface area (Å²) >= 11 is 0. The number of carbonyl (C=O) groups is 1. The van der Waals surface area contributed by atoms with Crippen molar-refractivity contribution < 1.29 is 9.53 Å². The molecule has 1 fully saturated rings. The molecule has 0 N–H and O–H groups in total. The molecule has 6 heteroatoms. The number of amides is 1. The monoisotopic (exact) mass is 390 g/mol. The number of carbonyl (C=O) groups excluding carboxylic acids is 1. The van der Waals surface area contributed by atoms with E-state index in [2.05, 4.69) is 22.0 Å². The predicted molar refractivity (Wildman–Crippen MR) is 112 cm³/mol. The van der Waals surface area contributed by atoms with Crippen LogP contribution in [0.15, 0.2) is 73.3 Å². The molecule has 0 unspecified atom stereocenters. The van der Waals surface area contributed by atoms with Gasteiger partial charge in [-0.05, 0) is 43.9 Å². The standard InChI is InChI=1S/C23H26N4O2/c1-25(2)16-21-22(18-6-4-3-5-7-18)27(14-15-29-21)23(28)19-8-10-20(11-9-19)26-13-12-24-17-26/h3-13,17,21-22H,14-16H2,1-2H3/t21-,22-/m0/s1. The quantitative estimate of drug-likeness (QED) is 0.672. The van der Waals surface area contributed by atoms with Crippen LogP contribution in [0.2, 0.25) is 0 Å². The summed E-state index contributed by atoms with van der Waals surface area (Å²) in [7, 11) is 4.06. The van der Waals surface area contributed by atoms with Gasteiger partial charge in [-0.1, -0.05) is 30.3 Å². The summed E-state index contributed by atoms with van der Waals surface area (Å²) in [6.07, 6.45) is 5.30. The van der Waals surface area contributed by atoms with Gasteiger partial charge in [0.1, 0.15) is 0 Å². The molecule has 4 rings (SSSR count). The van der Waals surface area contributed by atoms with E-state index in [0.717, 1.165) is 17.8 Å². The van der Waals surface area contributed by atoms with Gasteiger partial charge in [-0.2, -0.15) is 0 Å². The van der Waals surface area contributed by atoms with Crippen molar-refractivity contribution in [3.05, 3.63) is 84.4 Å². The lowest BCUT2D eigenvalue weighted by Gasteiger charge is -2.42. The van der Waals surface area contributed by atoms with Crippen LogP contribution in [0.5, 0.6) is 0 Å². The first-order valence-electron chi connectivity index (χ1n) is 9.84. The molecule has 3 aromatic rings. The highest BCUT2D eigenvalue weighted by atomic mass is 16.5. The van der Waals surface area contributed by atoms with Crippen molar-refractivity contribution in [3.63, 3.8) is 0 Å². The van der Waals surface area contributed by atoms with E-state index in [9.17, 15) is 4.79 Å². The molecule has 2 heterocycles. The van der Waals surface area contributed by atoms with Crippen LogP contribution in [-0.2, 0) is 4.74 Å². The molecule has 0 aliphatic carbocycles. The largest absolute Gasteiger partial charge is 0.373 e. The van der Waals surface area contributed by atoms with Gasteiger partial charge in [-0.15, -0.1) is 0 Å². The number of aromatic nitrogens is 2. The average molecular weight is 390 g/mol. The van der Waals surface area contributed by atoms with Gasteiger partial charge in [0, 0.05) is 36.7 Å². The molecule has 2 aromatic carbocycles. The van der Waals surface area contributed by atoms with Crippen molar-refractivity contribution in [2.75, 3.05) is 33.8 Å². The van der Waals surface area contributed by atoms with Gasteiger partial charge in [0.05, 0.1) is 25.1 Å². The molecule has 0 saturated carbocycles. The lowest BCUT2D eigenvalue weighted by Crippen LogP contribution is -2.51. The van der Waals surface area contributed by atoms with Crippen molar-refractivity contribution in [2.45, 2.75) is 12.1 Å². The third-order valence-corrected chi connectivity index (χ3v) is 5.22. The average Bonchev–Trinajstić information content (AvgIpc) is 3.28. The molecule has 1 aliphatic heterocycles. The van der Waals surface area contributed by atoms with Crippen LogP contribution < -0.4 is 0 Å². The summed E-state index contributed by atoms with van der Waals surface area (Å²) in [6.45, 7) is 1.87. The summed E-state index contributed by atoms with van der Waals surface area (Å²) in [5.74, 6) is 0.0306. The molecule has 6 nitrogen and oxygen atoms in total. The van der Waals surface area contributed by atoms with Crippen LogP contribution in [0, 0.1) is 0 Å². The molecule has 1 amide bonds. The molecule has 0 spiro atoms. The first kappa shape index (κ1) is 19.4. The van der Waals surface area contributed by atoms with Gasteiger partial charge in [0.15, 0.2) is 0 Å². The Kier molecular flexibility index (Phi) is 5.74. The molecule has 29 heavy (non-hydrogen) atoms. The van der Waals surface area contributed by atoms with E-state index in [1.54, 1.807) is 12.5 Å². The summed E-state index contributed by atoms with van der Waals surface area (Å²) in [5, 5.41) is 0. The lowest BCUT2D eigenvalue weighted by molar-refractivity contribution is -0.0684. The third-order valence-electron chi connectivity index (χ3n) is 5.22. The van der Waals surface area contributed by atoms with E-state index in [-0.39, 0.29) is 18.1 Å². The fourth-order valence-electron chi connectivity index (χ4n) is 3.87. The van der Waals surface area contributed by atoms with Crippen LogP contribution in [0.1, 0.15) is 22.0 Å². The van der Waals surface area contributed by atoms with Crippen LogP contribution in [0.25, 0.3) is 5.69 Å². The molecular formula is C23H26N4O2. The topological polar surface area (TPSA) is 50.6 Å². The second kappa shape index (κ2) is 8.59. The third kappa shape index (κ3) is 4.23. The number of ether oxygens (including phenoxy) is 1. The first-order valence-corrected chi connectivity index (χ1v) is 9.84. The van der Waals surface area contributed by atoms with E-state index < -0.39 is 0 Å². The number of imidazole rings is 1. The van der Waals surface area contributed by atoms with Gasteiger partial charge in [0.2, 0.25) is 0 Å². The Morgan fingerprint density at radius 2 is 1.90 bits per heavy atom. The van der Waals surface area contributed by atoms with Crippen molar-refractivity contribution >= 4 is 5.91 Å². The fraction of sp³-hybridized carbons (Fsp3) is 0.304. The van der Waals surface area contributed by atoms with Gasteiger partial charge < -0.3 is 19.1 Å². The minimum absolute atomic E-state index is 0.0306. The smallest absolute Gasteiger partial charge is 0.254 e.